The first-order valence-corrected chi connectivity index (χ1v) is 9.31. The average Bonchev–Trinajstić information content (AvgIpc) is 3.31. The maximum atomic E-state index is 12.7. The monoisotopic (exact) mass is 359 g/mol. The second-order valence-electron chi connectivity index (χ2n) is 7.35. The molecule has 5 rings (SSSR count). The van der Waals surface area contributed by atoms with Crippen LogP contribution in [-0.4, -0.2) is 28.0 Å². The van der Waals surface area contributed by atoms with Crippen LogP contribution >= 0.6 is 0 Å². The summed E-state index contributed by atoms with van der Waals surface area (Å²) < 4.78 is 7.50. The summed E-state index contributed by atoms with van der Waals surface area (Å²) in [5.74, 6) is 0. The van der Waals surface area contributed by atoms with Gasteiger partial charge in [0.1, 0.15) is 0 Å². The number of aromatic amines is 1. The highest BCUT2D eigenvalue weighted by atomic mass is 16.5. The molecule has 5 heteroatoms. The third-order valence-electron chi connectivity index (χ3n) is 5.58. The zero-order chi connectivity index (χ0) is 18.5. The number of nitrogens with zero attached hydrogens (tertiary/aromatic N) is 2. The molecule has 1 saturated heterocycles. The highest BCUT2D eigenvalue weighted by Gasteiger charge is 2.22. The van der Waals surface area contributed by atoms with Crippen LogP contribution in [-0.2, 0) is 4.74 Å². The Hall–Kier alpha value is -2.92. The molecule has 1 N–H and O–H groups in total. The van der Waals surface area contributed by atoms with Crippen molar-refractivity contribution in [3.05, 3.63) is 64.1 Å². The van der Waals surface area contributed by atoms with E-state index in [2.05, 4.69) is 60.3 Å². The summed E-state index contributed by atoms with van der Waals surface area (Å²) in [4.78, 5) is 15.7. The van der Waals surface area contributed by atoms with E-state index < -0.39 is 0 Å². The lowest BCUT2D eigenvalue weighted by Crippen LogP contribution is -2.12. The van der Waals surface area contributed by atoms with E-state index in [1.807, 2.05) is 4.68 Å². The quantitative estimate of drug-likeness (QED) is 0.586. The van der Waals surface area contributed by atoms with Gasteiger partial charge in [0.15, 0.2) is 0 Å². The largest absolute Gasteiger partial charge is 0.379 e. The second kappa shape index (κ2) is 6.06. The maximum Gasteiger partial charge on any atom is 0.259 e. The molecule has 1 aliphatic rings. The van der Waals surface area contributed by atoms with Crippen LogP contribution in [0.4, 0.5) is 0 Å². The van der Waals surface area contributed by atoms with Crippen LogP contribution in [0.3, 0.4) is 0 Å². The van der Waals surface area contributed by atoms with Gasteiger partial charge in [0.2, 0.25) is 0 Å². The summed E-state index contributed by atoms with van der Waals surface area (Å²) in [6, 6.07) is 12.8. The Morgan fingerprint density at radius 1 is 1.15 bits per heavy atom. The van der Waals surface area contributed by atoms with Crippen molar-refractivity contribution in [3.63, 3.8) is 0 Å². The van der Waals surface area contributed by atoms with Gasteiger partial charge < -0.3 is 9.72 Å². The van der Waals surface area contributed by atoms with Crippen molar-refractivity contribution in [1.29, 1.82) is 0 Å². The van der Waals surface area contributed by atoms with E-state index in [0.717, 1.165) is 35.0 Å². The van der Waals surface area contributed by atoms with Gasteiger partial charge in [-0.15, -0.1) is 0 Å². The molecule has 2 aromatic heterocycles. The van der Waals surface area contributed by atoms with E-state index in [0.29, 0.717) is 12.0 Å². The van der Waals surface area contributed by atoms with Gasteiger partial charge in [0, 0.05) is 12.0 Å². The second-order valence-corrected chi connectivity index (χ2v) is 7.35. The van der Waals surface area contributed by atoms with Crippen LogP contribution in [0.15, 0.2) is 47.4 Å². The minimum Gasteiger partial charge on any atom is -0.379 e. The summed E-state index contributed by atoms with van der Waals surface area (Å²) in [5, 5.41) is 6.16. The van der Waals surface area contributed by atoms with Crippen molar-refractivity contribution in [2.45, 2.75) is 26.3 Å². The number of hydrogen-bond acceptors (Lipinski definition) is 3. The molecule has 0 aliphatic carbocycles. The van der Waals surface area contributed by atoms with Crippen molar-refractivity contribution in [2.75, 3.05) is 13.2 Å². The molecule has 1 fully saturated rings. The molecule has 1 aliphatic heterocycles. The average molecular weight is 359 g/mol. The number of nitrogens with one attached hydrogen (secondary N) is 1. The molecule has 4 aromatic rings. The Bertz CT molecular complexity index is 1210. The van der Waals surface area contributed by atoms with Gasteiger partial charge >= 0.3 is 0 Å². The summed E-state index contributed by atoms with van der Waals surface area (Å²) in [7, 11) is 0. The molecule has 27 heavy (non-hydrogen) atoms. The van der Waals surface area contributed by atoms with E-state index in [-0.39, 0.29) is 11.6 Å². The zero-order valence-corrected chi connectivity index (χ0v) is 15.5. The molecule has 0 radical (unpaired) electrons. The molecular formula is C22H21N3O2. The first-order chi connectivity index (χ1) is 13.1. The van der Waals surface area contributed by atoms with E-state index in [4.69, 9.17) is 4.74 Å². The van der Waals surface area contributed by atoms with Gasteiger partial charge in [-0.05, 0) is 48.6 Å². The lowest BCUT2D eigenvalue weighted by molar-refractivity contribution is 0.185. The molecule has 0 amide bonds. The number of H-pyrrole nitrogens is 1. The Morgan fingerprint density at radius 3 is 2.70 bits per heavy atom. The Labute approximate surface area is 156 Å². The summed E-state index contributed by atoms with van der Waals surface area (Å²) in [6.45, 7) is 5.62. The number of benzene rings is 2. The van der Waals surface area contributed by atoms with Crippen LogP contribution in [0, 0.1) is 13.8 Å². The third-order valence-corrected chi connectivity index (χ3v) is 5.58. The van der Waals surface area contributed by atoms with Gasteiger partial charge in [0.25, 0.3) is 5.56 Å². The third kappa shape index (κ3) is 2.50. The van der Waals surface area contributed by atoms with Gasteiger partial charge in [-0.2, -0.15) is 5.10 Å². The summed E-state index contributed by atoms with van der Waals surface area (Å²) >= 11 is 0. The minimum atomic E-state index is -0.0960. The normalized spacial score (nSPS) is 17.2. The fourth-order valence-corrected chi connectivity index (χ4v) is 4.26. The molecule has 1 atom stereocenters. The smallest absolute Gasteiger partial charge is 0.259 e. The fourth-order valence-electron chi connectivity index (χ4n) is 4.26. The van der Waals surface area contributed by atoms with Gasteiger partial charge in [-0.25, -0.2) is 0 Å². The van der Waals surface area contributed by atoms with Crippen molar-refractivity contribution in [2.24, 2.45) is 0 Å². The van der Waals surface area contributed by atoms with Crippen LogP contribution in [0.25, 0.3) is 32.9 Å². The molecule has 2 aromatic carbocycles. The topological polar surface area (TPSA) is 59.9 Å². The molecule has 0 spiro atoms. The van der Waals surface area contributed by atoms with Crippen molar-refractivity contribution in [1.82, 2.24) is 14.8 Å². The van der Waals surface area contributed by atoms with Crippen molar-refractivity contribution >= 4 is 21.8 Å². The highest BCUT2D eigenvalue weighted by Crippen LogP contribution is 2.32. The number of ether oxygens (including phenoxy) is 1. The Kier molecular flexibility index (Phi) is 3.65. The highest BCUT2D eigenvalue weighted by molar-refractivity contribution is 6.04. The summed E-state index contributed by atoms with van der Waals surface area (Å²) in [5.41, 5.74) is 6.44. The van der Waals surface area contributed by atoms with Crippen molar-refractivity contribution < 1.29 is 4.74 Å². The van der Waals surface area contributed by atoms with Crippen LogP contribution in [0.1, 0.15) is 23.6 Å². The van der Waals surface area contributed by atoms with Gasteiger partial charge in [-0.3, -0.25) is 9.48 Å². The van der Waals surface area contributed by atoms with Gasteiger partial charge in [-0.1, -0.05) is 30.3 Å². The molecule has 5 nitrogen and oxygen atoms in total. The number of hydrogen-bond donors (Lipinski definition) is 1. The Balaban J connectivity index is 1.78. The molecule has 0 bridgehead atoms. The van der Waals surface area contributed by atoms with Gasteiger partial charge in [0.05, 0.1) is 35.3 Å². The maximum absolute atomic E-state index is 12.7. The molecule has 1 unspecified atom stereocenters. The number of aryl methyl sites for hydroxylation is 2. The molecule has 0 saturated carbocycles. The number of pyridine rings is 1. The number of fused-ring (bicyclic) bond motifs is 3. The SMILES string of the molecule is Cc1cccc(C)c1-c1ccc2c(c1)[nH]c(=O)c1cnn(C3CCOC3)c12. The number of aromatic nitrogens is 3. The van der Waals surface area contributed by atoms with Crippen LogP contribution in [0.2, 0.25) is 0 Å². The first-order valence-electron chi connectivity index (χ1n) is 9.31. The van der Waals surface area contributed by atoms with E-state index in [9.17, 15) is 4.79 Å². The summed E-state index contributed by atoms with van der Waals surface area (Å²) in [6.07, 6.45) is 2.59. The zero-order valence-electron chi connectivity index (χ0n) is 15.5. The lowest BCUT2D eigenvalue weighted by atomic mass is 9.95. The predicted octanol–water partition coefficient (Wildman–Crippen LogP) is 4.12. The first kappa shape index (κ1) is 16.3. The number of rotatable bonds is 2. The van der Waals surface area contributed by atoms with E-state index >= 15 is 0 Å². The Morgan fingerprint density at radius 2 is 1.96 bits per heavy atom. The van der Waals surface area contributed by atoms with Crippen molar-refractivity contribution in [3.8, 4) is 11.1 Å². The fraction of sp³-hybridized carbons (Fsp3) is 0.273. The predicted molar refractivity (Wildman–Crippen MR) is 107 cm³/mol. The van der Waals surface area contributed by atoms with E-state index in [1.165, 1.54) is 16.7 Å². The van der Waals surface area contributed by atoms with E-state index in [1.54, 1.807) is 6.20 Å². The van der Waals surface area contributed by atoms with Crippen LogP contribution in [0.5, 0.6) is 0 Å². The molecular weight excluding hydrogens is 338 g/mol. The lowest BCUT2D eigenvalue weighted by Gasteiger charge is -2.13. The molecule has 3 heterocycles. The minimum absolute atomic E-state index is 0.0960. The standard InChI is InChI=1S/C22H21N3O2/c1-13-4-3-5-14(2)20(13)15-6-7-17-19(10-15)24-22(26)18-11-23-25(21(17)18)16-8-9-27-12-16/h3-7,10-11,16H,8-9,12H2,1-2H3,(H,24,26). The van der Waals surface area contributed by atoms with Crippen LogP contribution < -0.4 is 5.56 Å². The molecule has 136 valence electrons.